The van der Waals surface area contributed by atoms with Crippen molar-refractivity contribution in [3.63, 3.8) is 0 Å². The number of benzene rings is 1. The lowest BCUT2D eigenvalue weighted by atomic mass is 10.1. The highest BCUT2D eigenvalue weighted by Gasteiger charge is 2.26. The van der Waals surface area contributed by atoms with Crippen molar-refractivity contribution in [2.45, 2.75) is 31.8 Å². The molecule has 8 heteroatoms. The predicted molar refractivity (Wildman–Crippen MR) is 91.0 cm³/mol. The molecule has 0 spiro atoms. The monoisotopic (exact) mass is 359 g/mol. The number of halogens is 1. The predicted octanol–water partition coefficient (Wildman–Crippen LogP) is 2.12. The Hall–Kier alpha value is -1.31. The fourth-order valence-corrected chi connectivity index (χ4v) is 3.83. The summed E-state index contributed by atoms with van der Waals surface area (Å²) in [5.41, 5.74) is 0.858. The van der Waals surface area contributed by atoms with Gasteiger partial charge in [0, 0.05) is 24.2 Å². The van der Waals surface area contributed by atoms with Crippen LogP contribution >= 0.6 is 11.6 Å². The Morgan fingerprint density at radius 3 is 2.48 bits per heavy atom. The van der Waals surface area contributed by atoms with Gasteiger partial charge in [0.05, 0.1) is 12.3 Å². The van der Waals surface area contributed by atoms with Crippen LogP contribution in [0.2, 0.25) is 5.02 Å². The molecular weight excluding hydrogens is 338 g/mol. The second-order valence-electron chi connectivity index (χ2n) is 5.80. The van der Waals surface area contributed by atoms with Crippen molar-refractivity contribution in [1.29, 1.82) is 0 Å². The van der Waals surface area contributed by atoms with Gasteiger partial charge in [-0.3, -0.25) is 0 Å². The van der Waals surface area contributed by atoms with Gasteiger partial charge in [-0.05, 0) is 31.4 Å². The van der Waals surface area contributed by atoms with E-state index in [9.17, 15) is 13.2 Å². The molecule has 0 saturated carbocycles. The molecule has 0 aliphatic carbocycles. The Kier molecular flexibility index (Phi) is 5.89. The average molecular weight is 360 g/mol. The third kappa shape index (κ3) is 5.09. The van der Waals surface area contributed by atoms with Crippen molar-refractivity contribution < 1.29 is 13.2 Å². The lowest BCUT2D eigenvalue weighted by molar-refractivity contribution is 0.225. The van der Waals surface area contributed by atoms with Crippen molar-refractivity contribution in [3.05, 3.63) is 34.9 Å². The van der Waals surface area contributed by atoms with Crippen LogP contribution in [0.5, 0.6) is 0 Å². The van der Waals surface area contributed by atoms with Crippen molar-refractivity contribution in [2.75, 3.05) is 19.3 Å². The molecule has 128 valence electrons. The Balaban J connectivity index is 1.83. The fraction of sp³-hybridized carbons (Fsp3) is 0.533. The molecule has 1 aromatic carbocycles. The molecule has 2 amide bonds. The van der Waals surface area contributed by atoms with Crippen LogP contribution in [0.1, 0.15) is 31.4 Å². The zero-order chi connectivity index (χ0) is 17.0. The third-order valence-electron chi connectivity index (χ3n) is 3.98. The largest absolute Gasteiger partial charge is 0.335 e. The van der Waals surface area contributed by atoms with E-state index in [0.29, 0.717) is 31.0 Å². The van der Waals surface area contributed by atoms with Crippen LogP contribution in [-0.4, -0.2) is 44.1 Å². The maximum Gasteiger partial charge on any atom is 0.315 e. The van der Waals surface area contributed by atoms with Gasteiger partial charge in [0.2, 0.25) is 10.0 Å². The highest BCUT2D eigenvalue weighted by Crippen LogP contribution is 2.22. The molecule has 1 aromatic rings. The summed E-state index contributed by atoms with van der Waals surface area (Å²) >= 11 is 6.12. The van der Waals surface area contributed by atoms with Gasteiger partial charge >= 0.3 is 6.03 Å². The number of hydrogen-bond donors (Lipinski definition) is 2. The molecule has 1 heterocycles. The van der Waals surface area contributed by atoms with Crippen LogP contribution in [0.25, 0.3) is 0 Å². The molecule has 0 bridgehead atoms. The number of nitrogens with zero attached hydrogens (tertiary/aromatic N) is 1. The van der Waals surface area contributed by atoms with Crippen molar-refractivity contribution in [3.8, 4) is 0 Å². The number of piperidine rings is 1. The topological polar surface area (TPSA) is 78.5 Å². The van der Waals surface area contributed by atoms with E-state index in [1.165, 1.54) is 10.6 Å². The normalized spacial score (nSPS) is 18.4. The van der Waals surface area contributed by atoms with Crippen LogP contribution in [0.4, 0.5) is 4.79 Å². The molecule has 1 saturated heterocycles. The van der Waals surface area contributed by atoms with Crippen LogP contribution in [0, 0.1) is 0 Å². The molecule has 1 aliphatic heterocycles. The lowest BCUT2D eigenvalue weighted by Crippen LogP contribution is -2.49. The minimum absolute atomic E-state index is 0.0218. The van der Waals surface area contributed by atoms with Crippen LogP contribution in [0.3, 0.4) is 0 Å². The van der Waals surface area contributed by atoms with Gasteiger partial charge in [-0.1, -0.05) is 29.8 Å². The molecule has 1 unspecified atom stereocenters. The SMILES string of the molecule is CC(NC(=O)NC1CCN(S(C)(=O)=O)CC1)c1ccccc1Cl. The lowest BCUT2D eigenvalue weighted by Gasteiger charge is -2.31. The summed E-state index contributed by atoms with van der Waals surface area (Å²) in [7, 11) is -3.15. The molecule has 1 aliphatic rings. The molecule has 2 rings (SSSR count). The van der Waals surface area contributed by atoms with Gasteiger partial charge in [-0.2, -0.15) is 0 Å². The highest BCUT2D eigenvalue weighted by molar-refractivity contribution is 7.88. The number of nitrogens with one attached hydrogen (secondary N) is 2. The molecule has 2 N–H and O–H groups in total. The molecule has 0 radical (unpaired) electrons. The van der Waals surface area contributed by atoms with Gasteiger partial charge in [-0.25, -0.2) is 17.5 Å². The van der Waals surface area contributed by atoms with Gasteiger partial charge in [0.25, 0.3) is 0 Å². The minimum atomic E-state index is -3.15. The first-order valence-electron chi connectivity index (χ1n) is 7.54. The highest BCUT2D eigenvalue weighted by atomic mass is 35.5. The summed E-state index contributed by atoms with van der Waals surface area (Å²) in [5.74, 6) is 0. The molecule has 1 atom stereocenters. The molecule has 1 fully saturated rings. The van der Waals surface area contributed by atoms with Crippen LogP contribution in [0.15, 0.2) is 24.3 Å². The smallest absolute Gasteiger partial charge is 0.315 e. The van der Waals surface area contributed by atoms with E-state index in [-0.39, 0.29) is 18.1 Å². The van der Waals surface area contributed by atoms with E-state index in [1.807, 2.05) is 25.1 Å². The van der Waals surface area contributed by atoms with Gasteiger partial charge in [0.1, 0.15) is 0 Å². The number of carbonyl (C=O) groups is 1. The second-order valence-corrected chi connectivity index (χ2v) is 8.19. The summed E-state index contributed by atoms with van der Waals surface area (Å²) < 4.78 is 24.4. The fourth-order valence-electron chi connectivity index (χ4n) is 2.66. The molecule has 0 aromatic heterocycles. The summed E-state index contributed by atoms with van der Waals surface area (Å²) in [6.07, 6.45) is 2.43. The summed E-state index contributed by atoms with van der Waals surface area (Å²) in [6.45, 7) is 2.74. The number of rotatable bonds is 4. The van der Waals surface area contributed by atoms with Crippen molar-refractivity contribution >= 4 is 27.7 Å². The standard InChI is InChI=1S/C15H22ClN3O3S/c1-11(13-5-3-4-6-14(13)16)17-15(20)18-12-7-9-19(10-8-12)23(2,21)22/h3-6,11-12H,7-10H2,1-2H3,(H2,17,18,20). The number of hydrogen-bond acceptors (Lipinski definition) is 3. The summed E-state index contributed by atoms with van der Waals surface area (Å²) in [4.78, 5) is 12.1. The van der Waals surface area contributed by atoms with Gasteiger partial charge in [-0.15, -0.1) is 0 Å². The third-order valence-corrected chi connectivity index (χ3v) is 5.62. The van der Waals surface area contributed by atoms with Gasteiger partial charge < -0.3 is 10.6 Å². The maximum atomic E-state index is 12.1. The maximum absolute atomic E-state index is 12.1. The zero-order valence-electron chi connectivity index (χ0n) is 13.3. The summed E-state index contributed by atoms with van der Waals surface area (Å²) in [5, 5.41) is 6.37. The number of amides is 2. The van der Waals surface area contributed by atoms with Crippen molar-refractivity contribution in [1.82, 2.24) is 14.9 Å². The van der Waals surface area contributed by atoms with E-state index >= 15 is 0 Å². The van der Waals surface area contributed by atoms with Gasteiger partial charge in [0.15, 0.2) is 0 Å². The quantitative estimate of drug-likeness (QED) is 0.864. The Morgan fingerprint density at radius 1 is 1.30 bits per heavy atom. The first-order chi connectivity index (χ1) is 10.8. The van der Waals surface area contributed by atoms with Crippen LogP contribution < -0.4 is 10.6 Å². The van der Waals surface area contributed by atoms with E-state index < -0.39 is 10.0 Å². The molecule has 6 nitrogen and oxygen atoms in total. The van der Waals surface area contributed by atoms with E-state index in [4.69, 9.17) is 11.6 Å². The Morgan fingerprint density at radius 2 is 1.91 bits per heavy atom. The zero-order valence-corrected chi connectivity index (χ0v) is 14.8. The minimum Gasteiger partial charge on any atom is -0.335 e. The van der Waals surface area contributed by atoms with E-state index in [0.717, 1.165) is 5.56 Å². The van der Waals surface area contributed by atoms with Crippen molar-refractivity contribution in [2.24, 2.45) is 0 Å². The van der Waals surface area contributed by atoms with E-state index in [2.05, 4.69) is 10.6 Å². The first kappa shape index (κ1) is 18.0. The molecule has 23 heavy (non-hydrogen) atoms. The van der Waals surface area contributed by atoms with E-state index in [1.54, 1.807) is 6.07 Å². The second kappa shape index (κ2) is 7.51. The van der Waals surface area contributed by atoms with Crippen LogP contribution in [-0.2, 0) is 10.0 Å². The number of urea groups is 1. The number of sulfonamides is 1. The average Bonchev–Trinajstić information content (AvgIpc) is 2.47. The summed E-state index contributed by atoms with van der Waals surface area (Å²) in [6, 6.07) is 6.87. The molecular formula is C15H22ClN3O3S. The first-order valence-corrected chi connectivity index (χ1v) is 9.76. The Bertz CT molecular complexity index is 658. The number of carbonyl (C=O) groups excluding carboxylic acids is 1. The Labute approximate surface area is 142 Å².